The number of esters is 1. The lowest BCUT2D eigenvalue weighted by atomic mass is 10.1. The Hall–Kier alpha value is -1.48. The average Bonchev–Trinajstić information content (AvgIpc) is 2.86. The largest absolute Gasteiger partial charge is 0.459 e. The Labute approximate surface area is 136 Å². The van der Waals surface area contributed by atoms with Gasteiger partial charge in [-0.2, -0.15) is 17.5 Å². The van der Waals surface area contributed by atoms with Crippen molar-refractivity contribution in [3.8, 4) is 0 Å². The van der Waals surface area contributed by atoms with Crippen molar-refractivity contribution in [3.63, 3.8) is 0 Å². The lowest BCUT2D eigenvalue weighted by Gasteiger charge is -2.26. The van der Waals surface area contributed by atoms with Crippen molar-refractivity contribution in [1.82, 2.24) is 14.3 Å². The number of hydrogen-bond donors (Lipinski definition) is 0. The van der Waals surface area contributed by atoms with Gasteiger partial charge in [0.1, 0.15) is 10.6 Å². The van der Waals surface area contributed by atoms with Crippen LogP contribution in [0.25, 0.3) is 5.57 Å². The molecule has 0 N–H and O–H groups in total. The minimum Gasteiger partial charge on any atom is -0.459 e. The van der Waals surface area contributed by atoms with Crippen LogP contribution in [0.15, 0.2) is 6.08 Å². The van der Waals surface area contributed by atoms with E-state index in [1.54, 1.807) is 26.8 Å². The lowest BCUT2D eigenvalue weighted by Crippen LogP contribution is -2.37. The zero-order valence-electron chi connectivity index (χ0n) is 13.1. The number of alkyl halides is 3. The van der Waals surface area contributed by atoms with Gasteiger partial charge < -0.3 is 4.74 Å². The van der Waals surface area contributed by atoms with Gasteiger partial charge in [0.15, 0.2) is 0 Å². The van der Waals surface area contributed by atoms with Crippen molar-refractivity contribution in [1.29, 1.82) is 0 Å². The van der Waals surface area contributed by atoms with Gasteiger partial charge in [0.05, 0.1) is 6.54 Å². The molecular formula is C14H18F3N3O2S. The lowest BCUT2D eigenvalue weighted by molar-refractivity contribution is -0.156. The first-order valence-corrected chi connectivity index (χ1v) is 7.86. The molecule has 0 spiro atoms. The number of carbonyl (C=O) groups excluding carboxylic acids is 1. The van der Waals surface area contributed by atoms with Crippen LogP contribution in [0.1, 0.15) is 38.0 Å². The van der Waals surface area contributed by atoms with Crippen LogP contribution in [0, 0.1) is 0 Å². The first-order chi connectivity index (χ1) is 10.5. The van der Waals surface area contributed by atoms with Gasteiger partial charge in [0.25, 0.3) is 0 Å². The number of hydrogen-bond acceptors (Lipinski definition) is 6. The molecule has 2 rings (SSSR count). The maximum Gasteiger partial charge on any atom is 0.452 e. The highest BCUT2D eigenvalue weighted by atomic mass is 32.1. The van der Waals surface area contributed by atoms with E-state index in [2.05, 4.69) is 9.36 Å². The molecule has 0 amide bonds. The van der Waals surface area contributed by atoms with E-state index in [0.717, 1.165) is 17.1 Å². The van der Waals surface area contributed by atoms with Crippen LogP contribution in [0.4, 0.5) is 13.2 Å². The van der Waals surface area contributed by atoms with E-state index in [9.17, 15) is 18.0 Å². The zero-order chi connectivity index (χ0) is 17.3. The molecule has 0 aliphatic carbocycles. The summed E-state index contributed by atoms with van der Waals surface area (Å²) in [4.78, 5) is 17.2. The van der Waals surface area contributed by atoms with Crippen LogP contribution < -0.4 is 0 Å². The fraction of sp³-hybridized carbons (Fsp3) is 0.643. The van der Waals surface area contributed by atoms with Crippen LogP contribution in [-0.4, -0.2) is 45.5 Å². The Morgan fingerprint density at radius 1 is 1.39 bits per heavy atom. The summed E-state index contributed by atoms with van der Waals surface area (Å²) in [5, 5.41) is 0.286. The summed E-state index contributed by atoms with van der Waals surface area (Å²) in [5.41, 5.74) is 0.201. The summed E-state index contributed by atoms with van der Waals surface area (Å²) < 4.78 is 46.1. The van der Waals surface area contributed by atoms with Gasteiger partial charge in [0.2, 0.25) is 5.82 Å². The van der Waals surface area contributed by atoms with E-state index in [-0.39, 0.29) is 17.5 Å². The number of nitrogens with zero attached hydrogens (tertiary/aromatic N) is 3. The summed E-state index contributed by atoms with van der Waals surface area (Å²) in [6.07, 6.45) is -2.21. The zero-order valence-corrected chi connectivity index (χ0v) is 13.9. The van der Waals surface area contributed by atoms with Gasteiger partial charge in [-0.15, -0.1) is 0 Å². The SMILES string of the molecule is CC(C)(C)OC(=O)CN1CC=C(c2nc(C(F)(F)F)ns2)CC1. The molecule has 9 heteroatoms. The summed E-state index contributed by atoms with van der Waals surface area (Å²) in [7, 11) is 0. The van der Waals surface area contributed by atoms with Crippen molar-refractivity contribution >= 4 is 23.1 Å². The molecule has 2 heterocycles. The minimum atomic E-state index is -4.52. The minimum absolute atomic E-state index is 0.158. The molecule has 23 heavy (non-hydrogen) atoms. The molecular weight excluding hydrogens is 331 g/mol. The second kappa shape index (κ2) is 6.56. The van der Waals surface area contributed by atoms with Crippen LogP contribution in [0.3, 0.4) is 0 Å². The predicted molar refractivity (Wildman–Crippen MR) is 79.8 cm³/mol. The Bertz CT molecular complexity index is 605. The predicted octanol–water partition coefficient (Wildman–Crippen LogP) is 2.99. The molecule has 0 aromatic carbocycles. The maximum absolute atomic E-state index is 12.5. The highest BCUT2D eigenvalue weighted by Crippen LogP contribution is 2.31. The highest BCUT2D eigenvalue weighted by Gasteiger charge is 2.36. The number of aromatic nitrogens is 2. The molecule has 128 valence electrons. The van der Waals surface area contributed by atoms with Crippen molar-refractivity contribution < 1.29 is 22.7 Å². The normalized spacial score (nSPS) is 17.0. The summed E-state index contributed by atoms with van der Waals surface area (Å²) in [6, 6.07) is 0. The van der Waals surface area contributed by atoms with E-state index < -0.39 is 17.6 Å². The molecule has 5 nitrogen and oxygen atoms in total. The second-order valence-electron chi connectivity index (χ2n) is 6.22. The van der Waals surface area contributed by atoms with Gasteiger partial charge in [0, 0.05) is 13.1 Å². The van der Waals surface area contributed by atoms with Gasteiger partial charge in [-0.1, -0.05) is 6.08 Å². The third-order valence-electron chi connectivity index (χ3n) is 3.02. The molecule has 0 fully saturated rings. The van der Waals surface area contributed by atoms with Gasteiger partial charge in [-0.3, -0.25) is 9.69 Å². The van der Waals surface area contributed by atoms with Crippen molar-refractivity contribution in [2.24, 2.45) is 0 Å². The maximum atomic E-state index is 12.5. The van der Waals surface area contributed by atoms with Crippen molar-refractivity contribution in [3.05, 3.63) is 16.9 Å². The topological polar surface area (TPSA) is 55.3 Å². The molecule has 0 atom stereocenters. The van der Waals surface area contributed by atoms with Crippen molar-refractivity contribution in [2.45, 2.75) is 39.0 Å². The fourth-order valence-corrected chi connectivity index (χ4v) is 2.82. The molecule has 0 saturated heterocycles. The highest BCUT2D eigenvalue weighted by molar-refractivity contribution is 7.06. The molecule has 1 aromatic rings. The Morgan fingerprint density at radius 2 is 2.09 bits per heavy atom. The van der Waals surface area contributed by atoms with Crippen LogP contribution >= 0.6 is 11.5 Å². The molecule has 1 aromatic heterocycles. The Balaban J connectivity index is 1.93. The first kappa shape index (κ1) is 17.9. The van der Waals surface area contributed by atoms with Crippen LogP contribution in [0.2, 0.25) is 0 Å². The van der Waals surface area contributed by atoms with E-state index >= 15 is 0 Å². The molecule has 0 radical (unpaired) electrons. The van der Waals surface area contributed by atoms with Gasteiger partial charge in [-0.25, -0.2) is 4.98 Å². The van der Waals surface area contributed by atoms with Crippen LogP contribution in [-0.2, 0) is 15.7 Å². The number of rotatable bonds is 3. The van der Waals surface area contributed by atoms with E-state index in [0.29, 0.717) is 19.5 Å². The molecule has 0 bridgehead atoms. The fourth-order valence-electron chi connectivity index (χ4n) is 2.07. The third kappa shape index (κ3) is 5.28. The van der Waals surface area contributed by atoms with Gasteiger partial charge in [-0.05, 0) is 44.3 Å². The average molecular weight is 349 g/mol. The summed E-state index contributed by atoms with van der Waals surface area (Å²) in [6.45, 7) is 6.58. The second-order valence-corrected chi connectivity index (χ2v) is 6.97. The number of carbonyl (C=O) groups is 1. The summed E-state index contributed by atoms with van der Waals surface area (Å²) >= 11 is 0.746. The quantitative estimate of drug-likeness (QED) is 0.785. The standard InChI is InChI=1S/C14H18F3N3O2S/c1-13(2,3)22-10(21)8-20-6-4-9(5-7-20)11-18-12(19-23-11)14(15,16)17/h4H,5-8H2,1-3H3. The van der Waals surface area contributed by atoms with Crippen molar-refractivity contribution in [2.75, 3.05) is 19.6 Å². The number of halogens is 3. The Morgan fingerprint density at radius 3 is 2.57 bits per heavy atom. The monoisotopic (exact) mass is 349 g/mol. The van der Waals surface area contributed by atoms with E-state index in [4.69, 9.17) is 4.74 Å². The van der Waals surface area contributed by atoms with Crippen LogP contribution in [0.5, 0.6) is 0 Å². The van der Waals surface area contributed by atoms with Gasteiger partial charge >= 0.3 is 12.1 Å². The molecule has 1 aliphatic heterocycles. The smallest absolute Gasteiger partial charge is 0.452 e. The third-order valence-corrected chi connectivity index (χ3v) is 3.81. The van der Waals surface area contributed by atoms with E-state index in [1.807, 2.05) is 4.90 Å². The van der Waals surface area contributed by atoms with E-state index in [1.165, 1.54) is 0 Å². The molecule has 0 saturated carbocycles. The molecule has 1 aliphatic rings. The Kier molecular flexibility index (Phi) is 5.10. The number of ether oxygens (including phenoxy) is 1. The molecule has 0 unspecified atom stereocenters. The first-order valence-electron chi connectivity index (χ1n) is 7.09. The summed E-state index contributed by atoms with van der Waals surface area (Å²) in [5.74, 6) is -1.42.